The van der Waals surface area contributed by atoms with E-state index in [4.69, 9.17) is 27.9 Å². The molecule has 3 aliphatic heterocycles. The molecule has 0 unspecified atom stereocenters. The summed E-state index contributed by atoms with van der Waals surface area (Å²) in [5, 5.41) is 14.5. The van der Waals surface area contributed by atoms with E-state index >= 15 is 0 Å². The van der Waals surface area contributed by atoms with Crippen LogP contribution in [0.5, 0.6) is 0 Å². The van der Waals surface area contributed by atoms with Crippen molar-refractivity contribution in [1.82, 2.24) is 25.2 Å². The number of hydrogen-bond acceptors (Lipinski definition) is 8. The van der Waals surface area contributed by atoms with Crippen LogP contribution in [0.4, 0.5) is 9.59 Å². The molecule has 4 atom stereocenters. The van der Waals surface area contributed by atoms with Gasteiger partial charge in [0.1, 0.15) is 23.7 Å². The molecule has 2 fully saturated rings. The van der Waals surface area contributed by atoms with Crippen molar-refractivity contribution in [1.29, 1.82) is 0 Å². The zero-order chi connectivity index (χ0) is 35.5. The highest BCUT2D eigenvalue weighted by molar-refractivity contribution is 7.91. The van der Waals surface area contributed by atoms with Gasteiger partial charge < -0.3 is 25.4 Å². The van der Waals surface area contributed by atoms with Gasteiger partial charge in [-0.25, -0.2) is 18.0 Å². The van der Waals surface area contributed by atoms with E-state index in [2.05, 4.69) is 15.4 Å². The van der Waals surface area contributed by atoms with Crippen LogP contribution in [-0.4, -0.2) is 88.8 Å². The van der Waals surface area contributed by atoms with Crippen LogP contribution in [0.25, 0.3) is 0 Å². The fourth-order valence-corrected chi connectivity index (χ4v) is 8.18. The summed E-state index contributed by atoms with van der Waals surface area (Å²) in [6.07, 6.45) is 4.84. The van der Waals surface area contributed by atoms with E-state index in [1.165, 1.54) is 16.7 Å². The number of ether oxygens (including phenoxy) is 1. The zero-order valence-electron chi connectivity index (χ0n) is 27.1. The molecular formula is C32H41Cl2N5O9S. The number of fused-ring (bicyclic) bond motifs is 2. The molecule has 17 heteroatoms. The first kappa shape index (κ1) is 36.7. The molecule has 5 rings (SSSR count). The normalized spacial score (nSPS) is 27.4. The van der Waals surface area contributed by atoms with Crippen molar-refractivity contribution in [2.45, 2.75) is 113 Å². The summed E-state index contributed by atoms with van der Waals surface area (Å²) in [5.74, 6) is -2.34. The maximum Gasteiger partial charge on any atom is 0.410 e. The summed E-state index contributed by atoms with van der Waals surface area (Å²) in [5.41, 5.74) is -0.0871. The van der Waals surface area contributed by atoms with Crippen LogP contribution in [0.2, 0.25) is 10.0 Å². The molecule has 0 spiro atoms. The molecule has 1 aromatic carbocycles. The molecule has 49 heavy (non-hydrogen) atoms. The maximum atomic E-state index is 14.0. The van der Waals surface area contributed by atoms with Gasteiger partial charge in [0.25, 0.3) is 5.91 Å². The molecule has 1 saturated carbocycles. The number of nitrogens with zero attached hydrogens (tertiary/aromatic N) is 2. The summed E-state index contributed by atoms with van der Waals surface area (Å²) in [6, 6.07) is 0.926. The van der Waals surface area contributed by atoms with Gasteiger partial charge in [-0.2, -0.15) is 0 Å². The maximum absolute atomic E-state index is 14.0. The molecule has 268 valence electrons. The number of carboxylic acid groups (broad SMARTS) is 1. The summed E-state index contributed by atoms with van der Waals surface area (Å²) in [7, 11) is -3.94. The second-order valence-corrected chi connectivity index (χ2v) is 16.1. The van der Waals surface area contributed by atoms with E-state index in [9.17, 15) is 37.5 Å². The van der Waals surface area contributed by atoms with Gasteiger partial charge in [-0.15, -0.1) is 0 Å². The molecule has 14 nitrogen and oxygen atoms in total. The largest absolute Gasteiger partial charge is 0.465 e. The highest BCUT2D eigenvalue weighted by Crippen LogP contribution is 2.33. The number of sulfonamides is 1. The highest BCUT2D eigenvalue weighted by Gasteiger charge is 2.47. The number of rotatable bonds is 5. The lowest BCUT2D eigenvalue weighted by Gasteiger charge is -2.33. The van der Waals surface area contributed by atoms with Crippen LogP contribution in [0.15, 0.2) is 24.3 Å². The third-order valence-corrected chi connectivity index (χ3v) is 11.9. The van der Waals surface area contributed by atoms with Crippen LogP contribution in [0, 0.1) is 0 Å². The van der Waals surface area contributed by atoms with Crippen LogP contribution in [-0.2, 0) is 42.2 Å². The lowest BCUT2D eigenvalue weighted by Crippen LogP contribution is -2.62. The topological polar surface area (TPSA) is 192 Å². The van der Waals surface area contributed by atoms with Gasteiger partial charge in [0.2, 0.25) is 21.8 Å². The molecular weight excluding hydrogens is 701 g/mol. The molecule has 1 aliphatic carbocycles. The smallest absolute Gasteiger partial charge is 0.410 e. The van der Waals surface area contributed by atoms with Crippen molar-refractivity contribution in [3.05, 3.63) is 45.5 Å². The predicted molar refractivity (Wildman–Crippen MR) is 179 cm³/mol. The first-order valence-electron chi connectivity index (χ1n) is 16.4. The quantitative estimate of drug-likeness (QED) is 0.325. The van der Waals surface area contributed by atoms with Gasteiger partial charge in [0.15, 0.2) is 0 Å². The fourth-order valence-electron chi connectivity index (χ4n) is 6.41. The first-order valence-corrected chi connectivity index (χ1v) is 18.7. The molecule has 5 amide bonds. The van der Waals surface area contributed by atoms with E-state index in [1.807, 2.05) is 12.2 Å². The standard InChI is InChI=1S/C32H41Cl2N5O9S/c1-32(29(42)37-49(46,47)22-10-11-22)12-8-6-4-2-3-5-7-9-25(35-30(43)44)28(41)39-18-21(15-26(39)27(40)36-32)48-31(45)38-16-19-13-23(33)24(34)14-20(19)17-38/h4,6,13-14,21-22,25-26,35H,2-3,5,7-12,15-18H2,1H3,(H,36,40)(H,37,42)(H,43,44)/b6-4-/t21-,25+,26+,32+/m1/s1. The number of allylic oxidation sites excluding steroid dienone is 2. The third kappa shape index (κ3) is 8.97. The Morgan fingerprint density at radius 1 is 1.00 bits per heavy atom. The molecule has 4 aliphatic rings. The van der Waals surface area contributed by atoms with Crippen molar-refractivity contribution in [2.75, 3.05) is 6.54 Å². The number of amides is 5. The molecule has 1 aromatic rings. The Balaban J connectivity index is 1.38. The van der Waals surface area contributed by atoms with Crippen molar-refractivity contribution in [3.63, 3.8) is 0 Å². The van der Waals surface area contributed by atoms with Crippen LogP contribution in [0.3, 0.4) is 0 Å². The van der Waals surface area contributed by atoms with Crippen LogP contribution in [0.1, 0.15) is 82.3 Å². The minimum absolute atomic E-state index is 0.0626. The Labute approximate surface area is 294 Å². The Hall–Kier alpha value is -3.56. The number of carbonyl (C=O) groups excluding carboxylic acids is 4. The lowest BCUT2D eigenvalue weighted by molar-refractivity contribution is -0.142. The monoisotopic (exact) mass is 741 g/mol. The SMILES string of the molecule is C[C@@]1(C(=O)NS(=O)(=O)C2CC2)CC/C=C\CCCCC[C@H](NC(=O)O)C(=O)N2C[C@H](OC(=O)N3Cc4cc(Cl)c(Cl)cc4C3)C[C@H]2C(=O)N1. The van der Waals surface area contributed by atoms with Crippen molar-refractivity contribution in [2.24, 2.45) is 0 Å². The van der Waals surface area contributed by atoms with E-state index in [0.717, 1.165) is 17.5 Å². The Kier molecular flexibility index (Phi) is 11.3. The van der Waals surface area contributed by atoms with E-state index < -0.39 is 68.9 Å². The second kappa shape index (κ2) is 15.1. The first-order chi connectivity index (χ1) is 23.2. The van der Waals surface area contributed by atoms with Gasteiger partial charge in [-0.1, -0.05) is 48.2 Å². The number of benzene rings is 1. The van der Waals surface area contributed by atoms with Crippen LogP contribution >= 0.6 is 23.2 Å². The molecule has 3 heterocycles. The Bertz CT molecular complexity index is 1610. The van der Waals surface area contributed by atoms with Gasteiger partial charge in [-0.3, -0.25) is 24.0 Å². The van der Waals surface area contributed by atoms with Crippen molar-refractivity contribution in [3.8, 4) is 0 Å². The highest BCUT2D eigenvalue weighted by atomic mass is 35.5. The van der Waals surface area contributed by atoms with E-state index in [0.29, 0.717) is 48.6 Å². The Morgan fingerprint density at radius 3 is 2.29 bits per heavy atom. The average Bonchev–Trinajstić information content (AvgIpc) is 3.70. The van der Waals surface area contributed by atoms with Gasteiger partial charge in [0, 0.05) is 19.5 Å². The summed E-state index contributed by atoms with van der Waals surface area (Å²) in [4.78, 5) is 69.1. The third-order valence-electron chi connectivity index (χ3n) is 9.37. The molecule has 1 saturated heterocycles. The summed E-state index contributed by atoms with van der Waals surface area (Å²) in [6.45, 7) is 1.64. The number of hydrogen-bond donors (Lipinski definition) is 4. The minimum atomic E-state index is -3.94. The second-order valence-electron chi connectivity index (χ2n) is 13.3. The fraction of sp³-hybridized carbons (Fsp3) is 0.594. The van der Waals surface area contributed by atoms with Crippen molar-refractivity contribution < 1.29 is 42.2 Å². The van der Waals surface area contributed by atoms with E-state index in [1.54, 1.807) is 12.1 Å². The predicted octanol–water partition coefficient (Wildman–Crippen LogP) is 3.84. The molecule has 0 bridgehead atoms. The van der Waals surface area contributed by atoms with Gasteiger partial charge >= 0.3 is 12.2 Å². The lowest BCUT2D eigenvalue weighted by atomic mass is 9.93. The number of carbonyl (C=O) groups is 5. The van der Waals surface area contributed by atoms with Crippen LogP contribution < -0.4 is 15.4 Å². The van der Waals surface area contributed by atoms with E-state index in [-0.39, 0.29) is 38.9 Å². The molecule has 0 aromatic heterocycles. The molecule has 0 radical (unpaired) electrons. The Morgan fingerprint density at radius 2 is 1.65 bits per heavy atom. The minimum Gasteiger partial charge on any atom is -0.465 e. The average molecular weight is 743 g/mol. The number of halogens is 2. The zero-order valence-corrected chi connectivity index (χ0v) is 29.4. The van der Waals surface area contributed by atoms with Gasteiger partial charge in [0.05, 0.1) is 21.8 Å². The van der Waals surface area contributed by atoms with Gasteiger partial charge in [-0.05, 0) is 75.1 Å². The summed E-state index contributed by atoms with van der Waals surface area (Å²) >= 11 is 12.3. The molecule has 4 N–H and O–H groups in total. The summed E-state index contributed by atoms with van der Waals surface area (Å²) < 4.78 is 33.3. The number of nitrogens with one attached hydrogen (secondary N) is 3. The van der Waals surface area contributed by atoms with Crippen molar-refractivity contribution >= 4 is 63.1 Å².